The van der Waals surface area contributed by atoms with Crippen molar-refractivity contribution < 1.29 is 13.5 Å². The zero-order valence-electron chi connectivity index (χ0n) is 11.9. The Morgan fingerprint density at radius 3 is 2.52 bits per heavy atom. The van der Waals surface area contributed by atoms with Crippen LogP contribution in [0.2, 0.25) is 0 Å². The number of nitrogens with zero attached hydrogens (tertiary/aromatic N) is 1. The summed E-state index contributed by atoms with van der Waals surface area (Å²) in [7, 11) is 1.65. The normalized spacial score (nSPS) is 14.8. The Balaban J connectivity index is 1.76. The van der Waals surface area contributed by atoms with Gasteiger partial charge in [-0.2, -0.15) is 0 Å². The fourth-order valence-electron chi connectivity index (χ4n) is 2.81. The van der Waals surface area contributed by atoms with Crippen LogP contribution in [-0.4, -0.2) is 18.6 Å². The fraction of sp³-hybridized carbons (Fsp3) is 0.294. The Labute approximate surface area is 123 Å². The number of methoxy groups -OCH3 is 1. The highest BCUT2D eigenvalue weighted by molar-refractivity contribution is 5.37. The van der Waals surface area contributed by atoms with E-state index < -0.39 is 11.6 Å². The summed E-state index contributed by atoms with van der Waals surface area (Å²) in [5, 5.41) is 0. The van der Waals surface area contributed by atoms with Crippen LogP contribution >= 0.6 is 0 Å². The Morgan fingerprint density at radius 1 is 1.05 bits per heavy atom. The smallest absolute Gasteiger partial charge is 0.126 e. The highest BCUT2D eigenvalue weighted by atomic mass is 19.1. The first-order valence-corrected chi connectivity index (χ1v) is 6.97. The van der Waals surface area contributed by atoms with Crippen LogP contribution in [-0.2, 0) is 19.5 Å². The van der Waals surface area contributed by atoms with Gasteiger partial charge in [0.15, 0.2) is 0 Å². The quantitative estimate of drug-likeness (QED) is 0.857. The van der Waals surface area contributed by atoms with Gasteiger partial charge >= 0.3 is 0 Å². The lowest BCUT2D eigenvalue weighted by Crippen LogP contribution is -2.30. The number of fused-ring (bicyclic) bond motifs is 1. The summed E-state index contributed by atoms with van der Waals surface area (Å²) in [5.74, 6) is -0.208. The van der Waals surface area contributed by atoms with Gasteiger partial charge in [0.25, 0.3) is 0 Å². The Morgan fingerprint density at radius 2 is 1.81 bits per heavy atom. The van der Waals surface area contributed by atoms with E-state index in [-0.39, 0.29) is 0 Å². The Hall–Kier alpha value is -1.94. The molecular formula is C17H17F2NO. The monoisotopic (exact) mass is 289 g/mol. The van der Waals surface area contributed by atoms with Crippen molar-refractivity contribution in [1.82, 2.24) is 4.90 Å². The highest BCUT2D eigenvalue weighted by Gasteiger charge is 2.17. The molecule has 2 aromatic rings. The number of hydrogen-bond acceptors (Lipinski definition) is 2. The minimum atomic E-state index is -0.524. The molecule has 2 nitrogen and oxygen atoms in total. The van der Waals surface area contributed by atoms with Crippen LogP contribution in [0.15, 0.2) is 36.4 Å². The number of halogens is 2. The van der Waals surface area contributed by atoms with Crippen molar-refractivity contribution in [2.45, 2.75) is 19.5 Å². The van der Waals surface area contributed by atoms with Gasteiger partial charge in [0.05, 0.1) is 7.11 Å². The molecule has 0 radical (unpaired) electrons. The molecule has 0 aromatic heterocycles. The maximum Gasteiger partial charge on any atom is 0.126 e. The van der Waals surface area contributed by atoms with E-state index >= 15 is 0 Å². The average molecular weight is 289 g/mol. The molecule has 1 aliphatic rings. The topological polar surface area (TPSA) is 12.5 Å². The summed E-state index contributed by atoms with van der Waals surface area (Å²) in [4.78, 5) is 2.19. The molecule has 0 atom stereocenters. The third-order valence-electron chi connectivity index (χ3n) is 3.83. The number of hydrogen-bond donors (Lipinski definition) is 0. The second-order valence-corrected chi connectivity index (χ2v) is 5.37. The molecule has 1 heterocycles. The zero-order valence-corrected chi connectivity index (χ0v) is 11.9. The number of rotatable bonds is 3. The molecule has 0 saturated carbocycles. The molecule has 4 heteroatoms. The molecule has 1 aliphatic heterocycles. The zero-order chi connectivity index (χ0) is 14.8. The van der Waals surface area contributed by atoms with Crippen molar-refractivity contribution in [1.29, 1.82) is 0 Å². The van der Waals surface area contributed by atoms with Gasteiger partial charge in [-0.3, -0.25) is 4.90 Å². The summed E-state index contributed by atoms with van der Waals surface area (Å²) >= 11 is 0. The summed E-state index contributed by atoms with van der Waals surface area (Å²) in [6, 6.07) is 9.78. The summed E-state index contributed by atoms with van der Waals surface area (Å²) < 4.78 is 31.7. The second-order valence-electron chi connectivity index (χ2n) is 5.37. The first-order chi connectivity index (χ1) is 10.1. The molecule has 0 unspecified atom stereocenters. The minimum absolute atomic E-state index is 0.524. The van der Waals surface area contributed by atoms with Gasteiger partial charge in [0.1, 0.15) is 17.4 Å². The van der Waals surface area contributed by atoms with Crippen LogP contribution in [0.1, 0.15) is 16.7 Å². The molecule has 3 rings (SSSR count). The lowest BCUT2D eigenvalue weighted by Gasteiger charge is -2.29. The van der Waals surface area contributed by atoms with Crippen molar-refractivity contribution >= 4 is 0 Å². The molecule has 0 amide bonds. The first kappa shape index (κ1) is 14.0. The number of benzene rings is 2. The van der Waals surface area contributed by atoms with E-state index in [1.54, 1.807) is 7.11 Å². The van der Waals surface area contributed by atoms with Crippen molar-refractivity contribution in [2.24, 2.45) is 0 Å². The third kappa shape index (κ3) is 3.22. The molecular weight excluding hydrogens is 272 g/mol. The Bertz CT molecular complexity index is 637. The van der Waals surface area contributed by atoms with Crippen LogP contribution in [0.5, 0.6) is 5.75 Å². The minimum Gasteiger partial charge on any atom is -0.497 e. The SMILES string of the molecule is COc1ccc2c(c1)CN(Cc1cc(F)cc(F)c1)CC2. The van der Waals surface area contributed by atoms with Crippen molar-refractivity contribution in [3.63, 3.8) is 0 Å². The van der Waals surface area contributed by atoms with Gasteiger partial charge in [-0.25, -0.2) is 8.78 Å². The first-order valence-electron chi connectivity index (χ1n) is 6.97. The van der Waals surface area contributed by atoms with Gasteiger partial charge in [-0.15, -0.1) is 0 Å². The van der Waals surface area contributed by atoms with Gasteiger partial charge in [-0.05, 0) is 47.4 Å². The van der Waals surface area contributed by atoms with E-state index in [9.17, 15) is 8.78 Å². The van der Waals surface area contributed by atoms with Gasteiger partial charge < -0.3 is 4.74 Å². The van der Waals surface area contributed by atoms with E-state index in [4.69, 9.17) is 4.74 Å². The van der Waals surface area contributed by atoms with E-state index in [1.165, 1.54) is 23.3 Å². The predicted molar refractivity (Wildman–Crippen MR) is 77.2 cm³/mol. The second kappa shape index (κ2) is 5.82. The standard InChI is InChI=1S/C17H17F2NO/c1-21-17-3-2-13-4-5-20(11-14(13)8-17)10-12-6-15(18)9-16(19)7-12/h2-3,6-9H,4-5,10-11H2,1H3. The maximum absolute atomic E-state index is 13.2. The number of ether oxygens (including phenoxy) is 1. The van der Waals surface area contributed by atoms with E-state index in [1.807, 2.05) is 12.1 Å². The lowest BCUT2D eigenvalue weighted by molar-refractivity contribution is 0.244. The van der Waals surface area contributed by atoms with Crippen molar-refractivity contribution in [3.8, 4) is 5.75 Å². The van der Waals surface area contributed by atoms with E-state index in [0.29, 0.717) is 12.1 Å². The van der Waals surface area contributed by atoms with Gasteiger partial charge in [0.2, 0.25) is 0 Å². The molecule has 0 aliphatic carbocycles. The predicted octanol–water partition coefficient (Wildman–Crippen LogP) is 3.53. The molecule has 0 spiro atoms. The van der Waals surface area contributed by atoms with Gasteiger partial charge in [0, 0.05) is 25.7 Å². The Kier molecular flexibility index (Phi) is 3.88. The van der Waals surface area contributed by atoms with Crippen LogP contribution in [0.4, 0.5) is 8.78 Å². The summed E-state index contributed by atoms with van der Waals surface area (Å²) in [5.41, 5.74) is 3.20. The van der Waals surface area contributed by atoms with Crippen LogP contribution in [0, 0.1) is 11.6 Å². The molecule has 0 saturated heterocycles. The molecule has 110 valence electrons. The molecule has 0 fully saturated rings. The molecule has 0 bridgehead atoms. The van der Waals surface area contributed by atoms with Crippen molar-refractivity contribution in [3.05, 3.63) is 64.7 Å². The molecule has 21 heavy (non-hydrogen) atoms. The molecule has 2 aromatic carbocycles. The average Bonchev–Trinajstić information content (AvgIpc) is 2.45. The van der Waals surface area contributed by atoms with Crippen LogP contribution in [0.3, 0.4) is 0 Å². The van der Waals surface area contributed by atoms with Crippen LogP contribution < -0.4 is 4.74 Å². The maximum atomic E-state index is 13.2. The van der Waals surface area contributed by atoms with Crippen LogP contribution in [0.25, 0.3) is 0 Å². The van der Waals surface area contributed by atoms with Crippen molar-refractivity contribution in [2.75, 3.05) is 13.7 Å². The van der Waals surface area contributed by atoms with E-state index in [0.717, 1.165) is 31.3 Å². The fourth-order valence-corrected chi connectivity index (χ4v) is 2.81. The highest BCUT2D eigenvalue weighted by Crippen LogP contribution is 2.25. The summed E-state index contributed by atoms with van der Waals surface area (Å²) in [6.45, 7) is 2.20. The van der Waals surface area contributed by atoms with Gasteiger partial charge in [-0.1, -0.05) is 6.07 Å². The largest absolute Gasteiger partial charge is 0.497 e. The molecule has 0 N–H and O–H groups in total. The summed E-state index contributed by atoms with van der Waals surface area (Å²) in [6.07, 6.45) is 0.942. The lowest BCUT2D eigenvalue weighted by atomic mass is 9.99. The van der Waals surface area contributed by atoms with E-state index in [2.05, 4.69) is 11.0 Å². The third-order valence-corrected chi connectivity index (χ3v) is 3.83.